The molecule has 3 aromatic rings. The highest BCUT2D eigenvalue weighted by molar-refractivity contribution is 7.90. The first-order valence-electron chi connectivity index (χ1n) is 6.13. The zero-order valence-electron chi connectivity index (χ0n) is 10.8. The third kappa shape index (κ3) is 2.08. The highest BCUT2D eigenvalue weighted by Gasteiger charge is 2.09. The summed E-state index contributed by atoms with van der Waals surface area (Å²) >= 11 is 0. The van der Waals surface area contributed by atoms with Crippen LogP contribution < -0.4 is 5.43 Å². The monoisotopic (exact) mass is 284 g/mol. The van der Waals surface area contributed by atoms with E-state index in [2.05, 4.69) is 0 Å². The Morgan fingerprint density at radius 2 is 1.40 bits per heavy atom. The van der Waals surface area contributed by atoms with E-state index in [-0.39, 0.29) is 10.3 Å². The maximum atomic E-state index is 12.6. The average molecular weight is 284 g/mol. The SMILES string of the molecule is CS(=O)(=O)c1ccc2ccc3ccccc3c(=O)c2c1. The summed E-state index contributed by atoms with van der Waals surface area (Å²) in [6.07, 6.45) is 1.14. The highest BCUT2D eigenvalue weighted by atomic mass is 32.2. The molecule has 100 valence electrons. The van der Waals surface area contributed by atoms with Gasteiger partial charge in [0.25, 0.3) is 0 Å². The lowest BCUT2D eigenvalue weighted by Gasteiger charge is -1.98. The van der Waals surface area contributed by atoms with E-state index in [0.29, 0.717) is 10.8 Å². The molecule has 0 aliphatic carbocycles. The number of fused-ring (bicyclic) bond motifs is 2. The topological polar surface area (TPSA) is 51.2 Å². The van der Waals surface area contributed by atoms with Crippen molar-refractivity contribution in [3.8, 4) is 0 Å². The Bertz CT molecular complexity index is 989. The second-order valence-electron chi connectivity index (χ2n) is 4.77. The molecule has 0 amide bonds. The molecular weight excluding hydrogens is 272 g/mol. The van der Waals surface area contributed by atoms with Crippen LogP contribution in [-0.2, 0) is 9.84 Å². The predicted molar refractivity (Wildman–Crippen MR) is 80.8 cm³/mol. The lowest BCUT2D eigenvalue weighted by molar-refractivity contribution is 0.602. The van der Waals surface area contributed by atoms with E-state index in [9.17, 15) is 13.2 Å². The Labute approximate surface area is 116 Å². The van der Waals surface area contributed by atoms with E-state index < -0.39 is 9.84 Å². The minimum absolute atomic E-state index is 0.147. The van der Waals surface area contributed by atoms with E-state index >= 15 is 0 Å². The third-order valence-corrected chi connectivity index (χ3v) is 4.46. The maximum absolute atomic E-state index is 12.6. The van der Waals surface area contributed by atoms with Crippen molar-refractivity contribution in [2.24, 2.45) is 0 Å². The van der Waals surface area contributed by atoms with Gasteiger partial charge in [-0.05, 0) is 22.9 Å². The maximum Gasteiger partial charge on any atom is 0.194 e. The molecule has 3 nitrogen and oxygen atoms in total. The average Bonchev–Trinajstić information content (AvgIpc) is 2.56. The molecule has 0 bridgehead atoms. The highest BCUT2D eigenvalue weighted by Crippen LogP contribution is 2.19. The molecule has 0 heterocycles. The van der Waals surface area contributed by atoms with Crippen LogP contribution in [0.15, 0.2) is 64.3 Å². The van der Waals surface area contributed by atoms with Gasteiger partial charge in [0.15, 0.2) is 15.3 Å². The standard InChI is InChI=1S/C16H12O3S/c1-20(18,19)13-9-8-12-7-6-11-4-2-3-5-14(11)16(17)15(12)10-13/h2-10H,1H3. The molecule has 0 N–H and O–H groups in total. The summed E-state index contributed by atoms with van der Waals surface area (Å²) in [5.41, 5.74) is -0.147. The van der Waals surface area contributed by atoms with Crippen molar-refractivity contribution in [1.29, 1.82) is 0 Å². The molecule has 20 heavy (non-hydrogen) atoms. The van der Waals surface area contributed by atoms with Crippen molar-refractivity contribution in [1.82, 2.24) is 0 Å². The Hall–Kier alpha value is -2.20. The van der Waals surface area contributed by atoms with Gasteiger partial charge in [0.1, 0.15) is 0 Å². The van der Waals surface area contributed by atoms with E-state index in [0.717, 1.165) is 17.0 Å². The zero-order valence-corrected chi connectivity index (χ0v) is 11.6. The van der Waals surface area contributed by atoms with Gasteiger partial charge in [0, 0.05) is 17.0 Å². The number of sulfone groups is 1. The van der Waals surface area contributed by atoms with E-state index in [1.807, 2.05) is 24.3 Å². The molecule has 0 unspecified atom stereocenters. The van der Waals surface area contributed by atoms with Crippen LogP contribution >= 0.6 is 0 Å². The van der Waals surface area contributed by atoms with Crippen molar-refractivity contribution in [3.05, 3.63) is 64.8 Å². The van der Waals surface area contributed by atoms with Gasteiger partial charge in [-0.1, -0.05) is 42.5 Å². The summed E-state index contributed by atoms with van der Waals surface area (Å²) in [5.74, 6) is 0. The minimum Gasteiger partial charge on any atom is -0.289 e. The zero-order chi connectivity index (χ0) is 14.3. The molecule has 3 rings (SSSR count). The summed E-state index contributed by atoms with van der Waals surface area (Å²) in [7, 11) is -3.33. The Morgan fingerprint density at radius 1 is 0.800 bits per heavy atom. The molecule has 0 saturated heterocycles. The molecule has 0 saturated carbocycles. The summed E-state index contributed by atoms with van der Waals surface area (Å²) in [4.78, 5) is 12.7. The number of hydrogen-bond donors (Lipinski definition) is 0. The summed E-state index contributed by atoms with van der Waals surface area (Å²) in [5, 5.41) is 2.59. The summed E-state index contributed by atoms with van der Waals surface area (Å²) < 4.78 is 23.3. The number of hydrogen-bond acceptors (Lipinski definition) is 3. The van der Waals surface area contributed by atoms with Gasteiger partial charge in [-0.15, -0.1) is 0 Å². The van der Waals surface area contributed by atoms with Gasteiger partial charge in [-0.3, -0.25) is 4.79 Å². The molecular formula is C16H12O3S. The summed E-state index contributed by atoms with van der Waals surface area (Å²) in [6, 6.07) is 15.7. The van der Waals surface area contributed by atoms with Crippen LogP contribution in [-0.4, -0.2) is 14.7 Å². The van der Waals surface area contributed by atoms with Crippen LogP contribution in [0.1, 0.15) is 0 Å². The molecule has 0 aliphatic rings. The van der Waals surface area contributed by atoms with Gasteiger partial charge in [-0.2, -0.15) is 0 Å². The predicted octanol–water partition coefficient (Wildman–Crippen LogP) is 2.76. The quantitative estimate of drug-likeness (QED) is 0.690. The molecule has 0 aromatic heterocycles. The molecule has 4 heteroatoms. The minimum atomic E-state index is -3.33. The molecule has 0 fully saturated rings. The Morgan fingerprint density at radius 3 is 2.10 bits per heavy atom. The molecule has 0 aliphatic heterocycles. The number of rotatable bonds is 1. The van der Waals surface area contributed by atoms with Crippen LogP contribution in [0.2, 0.25) is 0 Å². The molecule has 0 atom stereocenters. The van der Waals surface area contributed by atoms with Crippen LogP contribution in [0.3, 0.4) is 0 Å². The van der Waals surface area contributed by atoms with Crippen molar-refractivity contribution < 1.29 is 8.42 Å². The lowest BCUT2D eigenvalue weighted by atomic mass is 10.1. The molecule has 3 aromatic carbocycles. The van der Waals surface area contributed by atoms with Crippen molar-refractivity contribution in [2.75, 3.05) is 6.26 Å². The van der Waals surface area contributed by atoms with E-state index in [1.165, 1.54) is 12.1 Å². The largest absolute Gasteiger partial charge is 0.289 e. The van der Waals surface area contributed by atoms with Crippen LogP contribution in [0.4, 0.5) is 0 Å². The smallest absolute Gasteiger partial charge is 0.194 e. The summed E-state index contributed by atoms with van der Waals surface area (Å²) in [6.45, 7) is 0. The van der Waals surface area contributed by atoms with Crippen molar-refractivity contribution in [2.45, 2.75) is 4.90 Å². The second kappa shape index (κ2) is 4.42. The van der Waals surface area contributed by atoms with E-state index in [1.54, 1.807) is 18.2 Å². The van der Waals surface area contributed by atoms with Gasteiger partial charge >= 0.3 is 0 Å². The first-order valence-corrected chi connectivity index (χ1v) is 8.02. The first kappa shape index (κ1) is 12.8. The molecule has 0 radical (unpaired) electrons. The fraction of sp³-hybridized carbons (Fsp3) is 0.0625. The normalized spacial score (nSPS) is 11.8. The van der Waals surface area contributed by atoms with Crippen molar-refractivity contribution >= 4 is 31.4 Å². The fourth-order valence-electron chi connectivity index (χ4n) is 2.28. The Kier molecular flexibility index (Phi) is 2.83. The van der Waals surface area contributed by atoms with Crippen LogP contribution in [0.25, 0.3) is 21.5 Å². The van der Waals surface area contributed by atoms with E-state index in [4.69, 9.17) is 0 Å². The number of benzene rings is 2. The van der Waals surface area contributed by atoms with Crippen LogP contribution in [0, 0.1) is 0 Å². The second-order valence-corrected chi connectivity index (χ2v) is 6.79. The molecule has 0 spiro atoms. The Balaban J connectivity index is 2.55. The van der Waals surface area contributed by atoms with Gasteiger partial charge in [0.2, 0.25) is 0 Å². The van der Waals surface area contributed by atoms with Gasteiger partial charge in [-0.25, -0.2) is 8.42 Å². The fourth-order valence-corrected chi connectivity index (χ4v) is 2.93. The third-order valence-electron chi connectivity index (χ3n) is 3.35. The first-order chi connectivity index (χ1) is 9.47. The van der Waals surface area contributed by atoms with Crippen molar-refractivity contribution in [3.63, 3.8) is 0 Å². The van der Waals surface area contributed by atoms with Gasteiger partial charge in [0.05, 0.1) is 4.90 Å². The van der Waals surface area contributed by atoms with Gasteiger partial charge < -0.3 is 0 Å². The van der Waals surface area contributed by atoms with Crippen LogP contribution in [0.5, 0.6) is 0 Å². The lowest BCUT2D eigenvalue weighted by Crippen LogP contribution is -2.01.